The summed E-state index contributed by atoms with van der Waals surface area (Å²) in [6.07, 6.45) is 3.43. The van der Waals surface area contributed by atoms with Crippen molar-refractivity contribution < 1.29 is 4.79 Å². The van der Waals surface area contributed by atoms with Gasteiger partial charge in [0.1, 0.15) is 0 Å². The maximum Gasteiger partial charge on any atom is 0.227 e. The Morgan fingerprint density at radius 3 is 2.56 bits per heavy atom. The fourth-order valence-corrected chi connectivity index (χ4v) is 1.31. The molecule has 0 fully saturated rings. The number of alkyl halides is 1. The van der Waals surface area contributed by atoms with E-state index in [1.807, 2.05) is 32.9 Å². The summed E-state index contributed by atoms with van der Waals surface area (Å²) in [5.74, 6) is 0.272. The monoisotopic (exact) mass is 240 g/mol. The number of amides is 1. The number of hydrogen-bond acceptors (Lipinski definition) is 2. The van der Waals surface area contributed by atoms with Crippen LogP contribution in [0.4, 0.5) is 0 Å². The van der Waals surface area contributed by atoms with Gasteiger partial charge in [-0.05, 0) is 38.5 Å². The summed E-state index contributed by atoms with van der Waals surface area (Å²) in [6.45, 7) is 5.60. The second kappa shape index (κ2) is 5.30. The molecule has 1 N–H and O–H groups in total. The molecule has 0 bridgehead atoms. The summed E-state index contributed by atoms with van der Waals surface area (Å²) in [7, 11) is 0. The molecule has 16 heavy (non-hydrogen) atoms. The quantitative estimate of drug-likeness (QED) is 0.822. The standard InChI is InChI=1S/C12H17ClN2O/c1-9(10-4-6-14-7-5-10)15-11(16)12(2,3)8-13/h4-7,9H,8H2,1-3H3,(H,15,16)/t9-/m0/s1. The number of hydrogen-bond donors (Lipinski definition) is 1. The minimum Gasteiger partial charge on any atom is -0.349 e. The van der Waals surface area contributed by atoms with E-state index in [-0.39, 0.29) is 11.9 Å². The lowest BCUT2D eigenvalue weighted by Gasteiger charge is -2.23. The molecule has 0 aliphatic carbocycles. The van der Waals surface area contributed by atoms with Crippen molar-refractivity contribution in [2.75, 3.05) is 5.88 Å². The predicted octanol–water partition coefficient (Wildman–Crippen LogP) is 2.52. The largest absolute Gasteiger partial charge is 0.349 e. The number of pyridine rings is 1. The van der Waals surface area contributed by atoms with E-state index < -0.39 is 5.41 Å². The number of rotatable bonds is 4. The van der Waals surface area contributed by atoms with E-state index in [9.17, 15) is 4.79 Å². The highest BCUT2D eigenvalue weighted by Crippen LogP contribution is 2.19. The van der Waals surface area contributed by atoms with E-state index in [2.05, 4.69) is 10.3 Å². The molecule has 0 aliphatic rings. The molecular weight excluding hydrogens is 224 g/mol. The maximum atomic E-state index is 11.9. The number of halogens is 1. The summed E-state index contributed by atoms with van der Waals surface area (Å²) in [4.78, 5) is 15.8. The van der Waals surface area contributed by atoms with Crippen LogP contribution in [0.25, 0.3) is 0 Å². The zero-order chi connectivity index (χ0) is 12.2. The van der Waals surface area contributed by atoms with Gasteiger partial charge in [-0.1, -0.05) is 0 Å². The fraction of sp³-hybridized carbons (Fsp3) is 0.500. The van der Waals surface area contributed by atoms with Crippen molar-refractivity contribution in [2.45, 2.75) is 26.8 Å². The van der Waals surface area contributed by atoms with Gasteiger partial charge in [0, 0.05) is 18.3 Å². The van der Waals surface area contributed by atoms with Crippen molar-refractivity contribution >= 4 is 17.5 Å². The lowest BCUT2D eigenvalue weighted by Crippen LogP contribution is -2.39. The first-order valence-corrected chi connectivity index (χ1v) is 5.77. The smallest absolute Gasteiger partial charge is 0.227 e. The molecule has 0 radical (unpaired) electrons. The minimum absolute atomic E-state index is 0.0296. The number of aromatic nitrogens is 1. The van der Waals surface area contributed by atoms with Crippen LogP contribution in [0.5, 0.6) is 0 Å². The molecule has 0 aliphatic heterocycles. The van der Waals surface area contributed by atoms with Crippen LogP contribution in [-0.4, -0.2) is 16.8 Å². The van der Waals surface area contributed by atoms with Crippen molar-refractivity contribution in [3.63, 3.8) is 0 Å². The van der Waals surface area contributed by atoms with E-state index in [0.717, 1.165) is 5.56 Å². The first-order valence-electron chi connectivity index (χ1n) is 5.24. The van der Waals surface area contributed by atoms with Gasteiger partial charge in [0.15, 0.2) is 0 Å². The van der Waals surface area contributed by atoms with Crippen LogP contribution in [0.15, 0.2) is 24.5 Å². The highest BCUT2D eigenvalue weighted by molar-refractivity contribution is 6.19. The van der Waals surface area contributed by atoms with Crippen LogP contribution < -0.4 is 5.32 Å². The van der Waals surface area contributed by atoms with E-state index in [1.54, 1.807) is 12.4 Å². The molecule has 0 spiro atoms. The number of nitrogens with zero attached hydrogens (tertiary/aromatic N) is 1. The van der Waals surface area contributed by atoms with Gasteiger partial charge in [0.2, 0.25) is 5.91 Å². The number of carbonyl (C=O) groups excluding carboxylic acids is 1. The Hall–Kier alpha value is -1.09. The third-order valence-corrected chi connectivity index (χ3v) is 3.17. The van der Waals surface area contributed by atoms with Crippen molar-refractivity contribution in [1.82, 2.24) is 10.3 Å². The topological polar surface area (TPSA) is 42.0 Å². The van der Waals surface area contributed by atoms with Crippen LogP contribution in [0.3, 0.4) is 0 Å². The molecule has 4 heteroatoms. The Balaban J connectivity index is 2.66. The molecule has 0 aromatic carbocycles. The summed E-state index contributed by atoms with van der Waals surface area (Å²) < 4.78 is 0. The molecule has 1 aromatic rings. The third kappa shape index (κ3) is 3.20. The van der Waals surface area contributed by atoms with Gasteiger partial charge in [0.25, 0.3) is 0 Å². The van der Waals surface area contributed by atoms with Gasteiger partial charge < -0.3 is 5.32 Å². The normalized spacial score (nSPS) is 13.2. The van der Waals surface area contributed by atoms with Gasteiger partial charge >= 0.3 is 0 Å². The van der Waals surface area contributed by atoms with Gasteiger partial charge in [0.05, 0.1) is 11.5 Å². The molecule has 3 nitrogen and oxygen atoms in total. The summed E-state index contributed by atoms with van der Waals surface area (Å²) in [6, 6.07) is 3.75. The lowest BCUT2D eigenvalue weighted by molar-refractivity contribution is -0.129. The Labute approximate surface area is 101 Å². The molecule has 0 saturated heterocycles. The molecule has 88 valence electrons. The molecule has 1 rings (SSSR count). The Morgan fingerprint density at radius 2 is 2.06 bits per heavy atom. The summed E-state index contributed by atoms with van der Waals surface area (Å²) >= 11 is 5.75. The zero-order valence-corrected chi connectivity index (χ0v) is 10.6. The average molecular weight is 241 g/mol. The van der Waals surface area contributed by atoms with Crippen LogP contribution in [0.2, 0.25) is 0 Å². The molecule has 0 saturated carbocycles. The first kappa shape index (κ1) is 13.0. The fourth-order valence-electron chi connectivity index (χ4n) is 1.19. The second-order valence-electron chi connectivity index (χ2n) is 4.49. The van der Waals surface area contributed by atoms with Crippen molar-refractivity contribution in [3.05, 3.63) is 30.1 Å². The van der Waals surface area contributed by atoms with Gasteiger partial charge in [-0.2, -0.15) is 0 Å². The molecule has 1 amide bonds. The molecule has 1 aromatic heterocycles. The van der Waals surface area contributed by atoms with Crippen LogP contribution in [-0.2, 0) is 4.79 Å². The van der Waals surface area contributed by atoms with Gasteiger partial charge in [-0.15, -0.1) is 11.6 Å². The zero-order valence-electron chi connectivity index (χ0n) is 9.83. The second-order valence-corrected chi connectivity index (χ2v) is 4.76. The number of carbonyl (C=O) groups is 1. The predicted molar refractivity (Wildman–Crippen MR) is 65.3 cm³/mol. The van der Waals surface area contributed by atoms with Crippen LogP contribution >= 0.6 is 11.6 Å². The Bertz CT molecular complexity index is 351. The highest BCUT2D eigenvalue weighted by atomic mass is 35.5. The van der Waals surface area contributed by atoms with Crippen molar-refractivity contribution in [3.8, 4) is 0 Å². The first-order chi connectivity index (χ1) is 7.47. The van der Waals surface area contributed by atoms with E-state index in [1.165, 1.54) is 0 Å². The van der Waals surface area contributed by atoms with Crippen molar-refractivity contribution in [2.24, 2.45) is 5.41 Å². The third-order valence-electron chi connectivity index (χ3n) is 2.50. The number of nitrogens with one attached hydrogen (secondary N) is 1. The molecule has 1 atom stereocenters. The van der Waals surface area contributed by atoms with Crippen molar-refractivity contribution in [1.29, 1.82) is 0 Å². The molecular formula is C12H17ClN2O. The lowest BCUT2D eigenvalue weighted by atomic mass is 9.94. The minimum atomic E-state index is -0.539. The van der Waals surface area contributed by atoms with Crippen LogP contribution in [0.1, 0.15) is 32.4 Å². The molecule has 1 heterocycles. The molecule has 0 unspecified atom stereocenters. The highest BCUT2D eigenvalue weighted by Gasteiger charge is 2.27. The van der Waals surface area contributed by atoms with Crippen LogP contribution in [0, 0.1) is 5.41 Å². The van der Waals surface area contributed by atoms with E-state index in [0.29, 0.717) is 5.88 Å². The van der Waals surface area contributed by atoms with Gasteiger partial charge in [-0.3, -0.25) is 9.78 Å². The average Bonchev–Trinajstić information content (AvgIpc) is 2.30. The summed E-state index contributed by atoms with van der Waals surface area (Å²) in [5, 5.41) is 2.94. The Morgan fingerprint density at radius 1 is 1.50 bits per heavy atom. The van der Waals surface area contributed by atoms with Gasteiger partial charge in [-0.25, -0.2) is 0 Å². The van der Waals surface area contributed by atoms with E-state index in [4.69, 9.17) is 11.6 Å². The van der Waals surface area contributed by atoms with E-state index >= 15 is 0 Å². The Kier molecular flexibility index (Phi) is 4.30. The SMILES string of the molecule is C[C@H](NC(=O)C(C)(C)CCl)c1ccncc1. The maximum absolute atomic E-state index is 11.9. The summed E-state index contributed by atoms with van der Waals surface area (Å²) in [5.41, 5.74) is 0.497.